The molecule has 0 aliphatic heterocycles. The molecule has 1 aliphatic carbocycles. The Morgan fingerprint density at radius 2 is 2.25 bits per heavy atom. The highest BCUT2D eigenvalue weighted by Gasteiger charge is 2.25. The number of nitrogens with two attached hydrogens (primary N) is 1. The maximum Gasteiger partial charge on any atom is 0.293 e. The third-order valence-corrected chi connectivity index (χ3v) is 3.43. The van der Waals surface area contributed by atoms with Crippen molar-refractivity contribution in [2.45, 2.75) is 18.9 Å². The molecule has 7 nitrogen and oxygen atoms in total. The van der Waals surface area contributed by atoms with Gasteiger partial charge < -0.3 is 16.0 Å². The predicted octanol–water partition coefficient (Wildman–Crippen LogP) is 1.20. The van der Waals surface area contributed by atoms with Crippen molar-refractivity contribution in [3.8, 4) is 0 Å². The summed E-state index contributed by atoms with van der Waals surface area (Å²) in [7, 11) is 2.05. The Morgan fingerprint density at radius 3 is 2.80 bits per heavy atom. The number of amides is 1. The number of hydrogen-bond acceptors (Lipinski definition) is 5. The highest BCUT2D eigenvalue weighted by molar-refractivity contribution is 5.94. The first kappa shape index (κ1) is 14.3. The van der Waals surface area contributed by atoms with Gasteiger partial charge in [-0.15, -0.1) is 0 Å². The lowest BCUT2D eigenvalue weighted by atomic mass is 10.1. The Labute approximate surface area is 116 Å². The predicted molar refractivity (Wildman–Crippen MR) is 75.8 cm³/mol. The number of anilines is 1. The number of hydrogen-bond donors (Lipinski definition) is 2. The van der Waals surface area contributed by atoms with Gasteiger partial charge in [0.25, 0.3) is 5.69 Å². The fourth-order valence-electron chi connectivity index (χ4n) is 2.05. The van der Waals surface area contributed by atoms with Crippen LogP contribution >= 0.6 is 0 Å². The minimum atomic E-state index is -0.673. The molecule has 0 heterocycles. The van der Waals surface area contributed by atoms with Crippen molar-refractivity contribution >= 4 is 17.3 Å². The van der Waals surface area contributed by atoms with Gasteiger partial charge in [0.2, 0.25) is 5.91 Å². The van der Waals surface area contributed by atoms with E-state index in [0.29, 0.717) is 18.3 Å². The third kappa shape index (κ3) is 3.45. The first-order chi connectivity index (χ1) is 9.49. The number of carbonyl (C=O) groups excluding carboxylic acids is 1. The van der Waals surface area contributed by atoms with Gasteiger partial charge in [-0.25, -0.2) is 0 Å². The lowest BCUT2D eigenvalue weighted by molar-refractivity contribution is -0.384. The van der Waals surface area contributed by atoms with E-state index in [2.05, 4.69) is 10.2 Å². The van der Waals surface area contributed by atoms with Gasteiger partial charge in [-0.05, 0) is 32.0 Å². The first-order valence-corrected chi connectivity index (χ1v) is 6.51. The van der Waals surface area contributed by atoms with Crippen LogP contribution in [0.3, 0.4) is 0 Å². The second-order valence-electron chi connectivity index (χ2n) is 4.99. The third-order valence-electron chi connectivity index (χ3n) is 3.43. The van der Waals surface area contributed by atoms with E-state index in [1.165, 1.54) is 31.0 Å². The first-order valence-electron chi connectivity index (χ1n) is 6.51. The molecule has 2 rings (SSSR count). The highest BCUT2D eigenvalue weighted by atomic mass is 16.6. The summed E-state index contributed by atoms with van der Waals surface area (Å²) in [6.45, 7) is 1.43. The number of rotatable bonds is 7. The van der Waals surface area contributed by atoms with Crippen molar-refractivity contribution < 1.29 is 9.72 Å². The quantitative estimate of drug-likeness (QED) is 0.576. The summed E-state index contributed by atoms with van der Waals surface area (Å²) in [5, 5.41) is 14.1. The molecule has 0 saturated heterocycles. The van der Waals surface area contributed by atoms with Gasteiger partial charge in [0.15, 0.2) is 0 Å². The minimum absolute atomic E-state index is 0.129. The normalized spacial score (nSPS) is 14.3. The molecule has 1 aromatic rings. The van der Waals surface area contributed by atoms with Crippen molar-refractivity contribution in [1.82, 2.24) is 4.90 Å². The molecule has 1 aromatic carbocycles. The van der Waals surface area contributed by atoms with Crippen molar-refractivity contribution in [2.75, 3.05) is 25.5 Å². The van der Waals surface area contributed by atoms with Crippen molar-refractivity contribution in [3.05, 3.63) is 33.9 Å². The molecule has 0 atom stereocenters. The van der Waals surface area contributed by atoms with Gasteiger partial charge in [0.1, 0.15) is 5.69 Å². The fraction of sp³-hybridized carbons (Fsp3) is 0.462. The summed E-state index contributed by atoms with van der Waals surface area (Å²) in [5.41, 5.74) is 5.54. The standard InChI is InChI=1S/C13H18N4O3/c1-16(10-3-4-10)7-6-15-11-5-2-9(13(14)18)8-12(11)17(19)20/h2,5,8,10,15H,3-4,6-7H2,1H3,(H2,14,18). The van der Waals surface area contributed by atoms with Crippen molar-refractivity contribution in [1.29, 1.82) is 0 Å². The van der Waals surface area contributed by atoms with E-state index in [0.717, 1.165) is 6.54 Å². The lowest BCUT2D eigenvalue weighted by Gasteiger charge is -2.16. The zero-order chi connectivity index (χ0) is 14.7. The average molecular weight is 278 g/mol. The number of benzene rings is 1. The number of nitrogens with one attached hydrogen (secondary N) is 1. The molecule has 20 heavy (non-hydrogen) atoms. The van der Waals surface area contributed by atoms with E-state index < -0.39 is 10.8 Å². The Hall–Kier alpha value is -2.15. The number of nitrogens with zero attached hydrogens (tertiary/aromatic N) is 2. The SMILES string of the molecule is CN(CCNc1ccc(C(N)=O)cc1[N+](=O)[O-])C1CC1. The lowest BCUT2D eigenvalue weighted by Crippen LogP contribution is -2.27. The van der Waals surface area contributed by atoms with Crippen LogP contribution in [0.4, 0.5) is 11.4 Å². The second kappa shape index (κ2) is 5.87. The van der Waals surface area contributed by atoms with Gasteiger partial charge in [0.05, 0.1) is 4.92 Å². The number of likely N-dealkylation sites (N-methyl/N-ethyl adjacent to an activating group) is 1. The van der Waals surface area contributed by atoms with Gasteiger partial charge in [0, 0.05) is 30.8 Å². The highest BCUT2D eigenvalue weighted by Crippen LogP contribution is 2.26. The van der Waals surface area contributed by atoms with E-state index in [1.807, 2.05) is 7.05 Å². The number of nitro groups is 1. The van der Waals surface area contributed by atoms with E-state index in [-0.39, 0.29) is 11.3 Å². The molecule has 0 radical (unpaired) electrons. The van der Waals surface area contributed by atoms with Crippen molar-refractivity contribution in [2.24, 2.45) is 5.73 Å². The van der Waals surface area contributed by atoms with Gasteiger partial charge in [-0.2, -0.15) is 0 Å². The molecule has 108 valence electrons. The topological polar surface area (TPSA) is 102 Å². The molecule has 0 spiro atoms. The monoisotopic (exact) mass is 278 g/mol. The Kier molecular flexibility index (Phi) is 4.19. The van der Waals surface area contributed by atoms with Crippen LogP contribution in [0.15, 0.2) is 18.2 Å². The van der Waals surface area contributed by atoms with E-state index in [9.17, 15) is 14.9 Å². The molecule has 7 heteroatoms. The van der Waals surface area contributed by atoms with Gasteiger partial charge in [-0.3, -0.25) is 14.9 Å². The zero-order valence-corrected chi connectivity index (χ0v) is 11.3. The van der Waals surface area contributed by atoms with Crippen LogP contribution in [0.2, 0.25) is 0 Å². The number of nitro benzene ring substituents is 1. The van der Waals surface area contributed by atoms with Crippen LogP contribution < -0.4 is 11.1 Å². The summed E-state index contributed by atoms with van der Waals surface area (Å²) < 4.78 is 0. The van der Waals surface area contributed by atoms with E-state index >= 15 is 0 Å². The molecule has 1 aliphatic rings. The second-order valence-corrected chi connectivity index (χ2v) is 4.99. The van der Waals surface area contributed by atoms with Gasteiger partial charge >= 0.3 is 0 Å². The zero-order valence-electron chi connectivity index (χ0n) is 11.3. The molecule has 0 bridgehead atoms. The summed E-state index contributed by atoms with van der Waals surface area (Å²) in [4.78, 5) is 23.8. The minimum Gasteiger partial charge on any atom is -0.378 e. The molecule has 0 aromatic heterocycles. The maximum atomic E-state index is 11.0. The Bertz CT molecular complexity index is 528. The molecule has 3 N–H and O–H groups in total. The maximum absolute atomic E-state index is 11.0. The molecular formula is C13H18N4O3. The summed E-state index contributed by atoms with van der Waals surface area (Å²) >= 11 is 0. The van der Waals surface area contributed by atoms with Gasteiger partial charge in [-0.1, -0.05) is 0 Å². The summed E-state index contributed by atoms with van der Waals surface area (Å²) in [6, 6.07) is 4.87. The Morgan fingerprint density at radius 1 is 1.55 bits per heavy atom. The van der Waals surface area contributed by atoms with E-state index in [4.69, 9.17) is 5.73 Å². The average Bonchev–Trinajstić information content (AvgIpc) is 3.22. The van der Waals surface area contributed by atoms with Crippen molar-refractivity contribution in [3.63, 3.8) is 0 Å². The van der Waals surface area contributed by atoms with E-state index in [1.54, 1.807) is 0 Å². The van der Waals surface area contributed by atoms with Crippen LogP contribution in [0, 0.1) is 10.1 Å². The summed E-state index contributed by atoms with van der Waals surface area (Å²) in [5.74, 6) is -0.673. The van der Waals surface area contributed by atoms with Crippen LogP contribution in [0.5, 0.6) is 0 Å². The fourth-order valence-corrected chi connectivity index (χ4v) is 2.05. The largest absolute Gasteiger partial charge is 0.378 e. The molecule has 1 amide bonds. The molecular weight excluding hydrogens is 260 g/mol. The summed E-state index contributed by atoms with van der Waals surface area (Å²) in [6.07, 6.45) is 2.45. The smallest absolute Gasteiger partial charge is 0.293 e. The van der Waals surface area contributed by atoms with Crippen LogP contribution in [-0.2, 0) is 0 Å². The number of carbonyl (C=O) groups is 1. The molecule has 0 unspecified atom stereocenters. The Balaban J connectivity index is 2.02. The van der Waals surface area contributed by atoms with Crippen LogP contribution in [0.1, 0.15) is 23.2 Å². The van der Waals surface area contributed by atoms with Crippen LogP contribution in [0.25, 0.3) is 0 Å². The molecule has 1 saturated carbocycles. The van der Waals surface area contributed by atoms with Crippen LogP contribution in [-0.4, -0.2) is 41.9 Å². The molecule has 1 fully saturated rings. The number of primary amides is 1.